The molecule has 0 aliphatic carbocycles. The molecule has 1 heterocycles. The molecule has 0 atom stereocenters. The number of H-pyrrole nitrogens is 1. The molecule has 0 bridgehead atoms. The second-order valence-electron chi connectivity index (χ2n) is 6.22. The smallest absolute Gasteiger partial charge is 0.263 e. The Morgan fingerprint density at radius 1 is 1.04 bits per heavy atom. The molecule has 0 unspecified atom stereocenters. The third-order valence-corrected chi connectivity index (χ3v) is 4.37. The molecule has 3 aromatic rings. The molecule has 5 nitrogen and oxygen atoms in total. The molecule has 0 saturated heterocycles. The van der Waals surface area contributed by atoms with Crippen molar-refractivity contribution >= 4 is 16.8 Å². The summed E-state index contributed by atoms with van der Waals surface area (Å²) in [5, 5.41) is 16.3. The fourth-order valence-corrected chi connectivity index (χ4v) is 2.93. The molecule has 0 saturated carbocycles. The van der Waals surface area contributed by atoms with Crippen LogP contribution in [0.25, 0.3) is 10.9 Å². The van der Waals surface area contributed by atoms with Crippen LogP contribution in [0.3, 0.4) is 0 Å². The SMILES string of the molecule is N#C/C(=C/NCCc1c[nH]c2ccccc12)C(=O)NCCc1ccccc1. The highest BCUT2D eigenvalue weighted by Gasteiger charge is 2.08. The number of carbonyl (C=O) groups excluding carboxylic acids is 1. The third kappa shape index (κ3) is 4.99. The quantitative estimate of drug-likeness (QED) is 0.329. The molecule has 5 heteroatoms. The van der Waals surface area contributed by atoms with Gasteiger partial charge in [0.2, 0.25) is 0 Å². The number of para-hydroxylation sites is 1. The van der Waals surface area contributed by atoms with Crippen LogP contribution in [0.1, 0.15) is 11.1 Å². The summed E-state index contributed by atoms with van der Waals surface area (Å²) in [6.45, 7) is 1.14. The Kier molecular flexibility index (Phi) is 6.26. The van der Waals surface area contributed by atoms with Crippen molar-refractivity contribution in [2.75, 3.05) is 13.1 Å². The zero-order valence-electron chi connectivity index (χ0n) is 15.0. The molecule has 2 aromatic carbocycles. The monoisotopic (exact) mass is 358 g/mol. The number of benzene rings is 2. The standard InChI is InChI=1S/C22H22N4O/c23-14-19(22(27)25-13-10-17-6-2-1-3-7-17)15-24-12-11-18-16-26-21-9-5-4-8-20(18)21/h1-9,15-16,24,26H,10-13H2,(H,25,27)/b19-15-. The Labute approximate surface area is 158 Å². The van der Waals surface area contributed by atoms with Crippen molar-refractivity contribution in [2.24, 2.45) is 0 Å². The first kappa shape index (κ1) is 18.3. The minimum Gasteiger partial charge on any atom is -0.389 e. The van der Waals surface area contributed by atoms with Crippen LogP contribution in [0.2, 0.25) is 0 Å². The molecule has 3 N–H and O–H groups in total. The van der Waals surface area contributed by atoms with Crippen LogP contribution in [-0.2, 0) is 17.6 Å². The van der Waals surface area contributed by atoms with E-state index in [2.05, 4.69) is 21.7 Å². The average molecular weight is 358 g/mol. The number of aromatic amines is 1. The first-order valence-corrected chi connectivity index (χ1v) is 8.98. The molecule has 1 aromatic heterocycles. The predicted molar refractivity (Wildman–Crippen MR) is 107 cm³/mol. The molecular formula is C22H22N4O. The molecule has 1 amide bonds. The van der Waals surface area contributed by atoms with Crippen LogP contribution in [-0.4, -0.2) is 24.0 Å². The summed E-state index contributed by atoms with van der Waals surface area (Å²) in [4.78, 5) is 15.4. The van der Waals surface area contributed by atoms with Gasteiger partial charge in [0.15, 0.2) is 0 Å². The van der Waals surface area contributed by atoms with Gasteiger partial charge in [0.25, 0.3) is 5.91 Å². The molecule has 0 aliphatic rings. The van der Waals surface area contributed by atoms with Crippen molar-refractivity contribution < 1.29 is 4.79 Å². The maximum atomic E-state index is 12.1. The number of amides is 1. The third-order valence-electron chi connectivity index (χ3n) is 4.37. The zero-order valence-corrected chi connectivity index (χ0v) is 15.0. The van der Waals surface area contributed by atoms with Crippen molar-refractivity contribution in [1.82, 2.24) is 15.6 Å². The van der Waals surface area contributed by atoms with Gasteiger partial charge in [-0.25, -0.2) is 0 Å². The van der Waals surface area contributed by atoms with E-state index < -0.39 is 0 Å². The highest BCUT2D eigenvalue weighted by molar-refractivity contribution is 5.97. The van der Waals surface area contributed by atoms with Gasteiger partial charge in [-0.3, -0.25) is 4.79 Å². The second-order valence-corrected chi connectivity index (χ2v) is 6.22. The summed E-state index contributed by atoms with van der Waals surface area (Å²) in [6, 6.07) is 20.0. The zero-order chi connectivity index (χ0) is 18.9. The number of nitriles is 1. The summed E-state index contributed by atoms with van der Waals surface area (Å²) in [7, 11) is 0. The number of aromatic nitrogens is 1. The lowest BCUT2D eigenvalue weighted by Gasteiger charge is -2.05. The van der Waals surface area contributed by atoms with Crippen molar-refractivity contribution in [1.29, 1.82) is 5.26 Å². The Balaban J connectivity index is 1.46. The molecule has 3 rings (SSSR count). The number of carbonyl (C=O) groups is 1. The van der Waals surface area contributed by atoms with Crippen molar-refractivity contribution in [2.45, 2.75) is 12.8 Å². The van der Waals surface area contributed by atoms with Crippen LogP contribution in [0, 0.1) is 11.3 Å². The normalized spacial score (nSPS) is 11.1. The molecule has 0 aliphatic heterocycles. The van der Waals surface area contributed by atoms with E-state index in [0.29, 0.717) is 13.1 Å². The second kappa shape index (κ2) is 9.25. The van der Waals surface area contributed by atoms with E-state index in [1.54, 1.807) is 0 Å². The summed E-state index contributed by atoms with van der Waals surface area (Å²) in [5.41, 5.74) is 3.55. The lowest BCUT2D eigenvalue weighted by Crippen LogP contribution is -2.27. The minimum absolute atomic E-state index is 0.0852. The molecule has 0 radical (unpaired) electrons. The average Bonchev–Trinajstić information content (AvgIpc) is 3.12. The fourth-order valence-electron chi connectivity index (χ4n) is 2.93. The van der Waals surface area contributed by atoms with E-state index >= 15 is 0 Å². The van der Waals surface area contributed by atoms with Crippen molar-refractivity contribution in [3.63, 3.8) is 0 Å². The summed E-state index contributed by atoms with van der Waals surface area (Å²) in [6.07, 6.45) is 5.03. The van der Waals surface area contributed by atoms with Crippen LogP contribution in [0.15, 0.2) is 72.6 Å². The number of hydrogen-bond acceptors (Lipinski definition) is 3. The number of rotatable bonds is 8. The van der Waals surface area contributed by atoms with E-state index in [-0.39, 0.29) is 11.5 Å². The first-order valence-electron chi connectivity index (χ1n) is 8.98. The number of hydrogen-bond donors (Lipinski definition) is 3. The van der Waals surface area contributed by atoms with E-state index in [4.69, 9.17) is 0 Å². The van der Waals surface area contributed by atoms with Crippen LogP contribution in [0.5, 0.6) is 0 Å². The van der Waals surface area contributed by atoms with Crippen molar-refractivity contribution in [3.05, 3.63) is 83.7 Å². The van der Waals surface area contributed by atoms with Crippen LogP contribution < -0.4 is 10.6 Å². The van der Waals surface area contributed by atoms with Gasteiger partial charge >= 0.3 is 0 Å². The Bertz CT molecular complexity index is 967. The Morgan fingerprint density at radius 2 is 1.81 bits per heavy atom. The van der Waals surface area contributed by atoms with Crippen molar-refractivity contribution in [3.8, 4) is 6.07 Å². The van der Waals surface area contributed by atoms with Gasteiger partial charge in [-0.1, -0.05) is 48.5 Å². The number of fused-ring (bicyclic) bond motifs is 1. The number of nitrogens with one attached hydrogen (secondary N) is 3. The summed E-state index contributed by atoms with van der Waals surface area (Å²) in [5.74, 6) is -0.354. The molecule has 136 valence electrons. The molecule has 27 heavy (non-hydrogen) atoms. The van der Waals surface area contributed by atoms with Gasteiger partial charge in [0.1, 0.15) is 11.6 Å². The lowest BCUT2D eigenvalue weighted by atomic mass is 10.1. The number of nitrogens with zero attached hydrogens (tertiary/aromatic N) is 1. The van der Waals surface area contributed by atoms with Gasteiger partial charge in [-0.2, -0.15) is 5.26 Å². The minimum atomic E-state index is -0.354. The summed E-state index contributed by atoms with van der Waals surface area (Å²) < 4.78 is 0. The van der Waals surface area contributed by atoms with Gasteiger partial charge in [0.05, 0.1) is 0 Å². The van der Waals surface area contributed by atoms with Gasteiger partial charge in [0, 0.05) is 36.4 Å². The van der Waals surface area contributed by atoms with Gasteiger partial charge in [-0.15, -0.1) is 0 Å². The Morgan fingerprint density at radius 3 is 2.63 bits per heavy atom. The maximum Gasteiger partial charge on any atom is 0.263 e. The van der Waals surface area contributed by atoms with Gasteiger partial charge in [-0.05, 0) is 30.0 Å². The lowest BCUT2D eigenvalue weighted by molar-refractivity contribution is -0.117. The van der Waals surface area contributed by atoms with E-state index in [9.17, 15) is 10.1 Å². The van der Waals surface area contributed by atoms with Crippen LogP contribution >= 0.6 is 0 Å². The molecule has 0 fully saturated rings. The van der Waals surface area contributed by atoms with E-state index in [1.807, 2.05) is 60.8 Å². The molecular weight excluding hydrogens is 336 g/mol. The highest BCUT2D eigenvalue weighted by Crippen LogP contribution is 2.17. The first-order chi connectivity index (χ1) is 13.3. The van der Waals surface area contributed by atoms with E-state index in [0.717, 1.165) is 23.9 Å². The maximum absolute atomic E-state index is 12.1. The van der Waals surface area contributed by atoms with Crippen LogP contribution in [0.4, 0.5) is 0 Å². The van der Waals surface area contributed by atoms with Gasteiger partial charge < -0.3 is 15.6 Å². The van der Waals surface area contributed by atoms with E-state index in [1.165, 1.54) is 17.1 Å². The Hall–Kier alpha value is -3.52. The topological polar surface area (TPSA) is 80.7 Å². The largest absolute Gasteiger partial charge is 0.389 e. The fraction of sp³-hybridized carbons (Fsp3) is 0.182. The highest BCUT2D eigenvalue weighted by atomic mass is 16.1. The summed E-state index contributed by atoms with van der Waals surface area (Å²) >= 11 is 0. The molecule has 0 spiro atoms. The predicted octanol–water partition coefficient (Wildman–Crippen LogP) is 3.07.